The first-order valence-electron chi connectivity index (χ1n) is 7.44. The van der Waals surface area contributed by atoms with Gasteiger partial charge in [-0.3, -0.25) is 9.59 Å². The predicted molar refractivity (Wildman–Crippen MR) is 75.0 cm³/mol. The van der Waals surface area contributed by atoms with Crippen molar-refractivity contribution >= 4 is 11.8 Å². The molecule has 2 heterocycles. The third-order valence-corrected chi connectivity index (χ3v) is 4.21. The van der Waals surface area contributed by atoms with Crippen LogP contribution >= 0.6 is 0 Å². The van der Waals surface area contributed by atoms with E-state index in [0.29, 0.717) is 13.1 Å². The summed E-state index contributed by atoms with van der Waals surface area (Å²) >= 11 is 0. The number of aryl methyl sites for hydroxylation is 1. The average Bonchev–Trinajstić information content (AvgIpc) is 3.14. The summed E-state index contributed by atoms with van der Waals surface area (Å²) in [5.74, 6) is 0.902. The molecule has 0 spiro atoms. The van der Waals surface area contributed by atoms with Gasteiger partial charge in [0.2, 0.25) is 11.8 Å². The van der Waals surface area contributed by atoms with Crippen molar-refractivity contribution < 1.29 is 9.59 Å². The second-order valence-corrected chi connectivity index (χ2v) is 6.32. The van der Waals surface area contributed by atoms with E-state index in [4.69, 9.17) is 0 Å². The molecule has 2 aliphatic rings. The Bertz CT molecular complexity index is 576. The van der Waals surface area contributed by atoms with Gasteiger partial charge < -0.3 is 10.2 Å². The molecule has 1 aliphatic heterocycles. The van der Waals surface area contributed by atoms with Gasteiger partial charge in [-0.15, -0.1) is 0 Å². The van der Waals surface area contributed by atoms with Gasteiger partial charge in [0.05, 0.1) is 6.54 Å². The molecule has 1 aromatic heterocycles. The molecule has 1 aromatic rings. The predicted octanol–water partition coefficient (Wildman–Crippen LogP) is 0.314. The fraction of sp³-hybridized carbons (Fsp3) is 0.714. The van der Waals surface area contributed by atoms with Gasteiger partial charge in [0, 0.05) is 6.54 Å². The topological polar surface area (TPSA) is 80.1 Å². The van der Waals surface area contributed by atoms with Crippen molar-refractivity contribution in [1.29, 1.82) is 0 Å². The first-order valence-corrected chi connectivity index (χ1v) is 7.44. The highest BCUT2D eigenvalue weighted by atomic mass is 16.2. The second-order valence-electron chi connectivity index (χ2n) is 6.32. The molecule has 1 saturated heterocycles. The van der Waals surface area contributed by atoms with Gasteiger partial charge in [0.15, 0.2) is 0 Å². The summed E-state index contributed by atoms with van der Waals surface area (Å²) in [6, 6.07) is -0.368. The average molecular weight is 291 g/mol. The number of piperazine rings is 1. The molecule has 0 radical (unpaired) electrons. The highest BCUT2D eigenvalue weighted by Crippen LogP contribution is 2.38. The molecule has 1 saturated carbocycles. The van der Waals surface area contributed by atoms with Gasteiger partial charge in [-0.1, -0.05) is 0 Å². The maximum atomic E-state index is 12.7. The molecule has 2 amide bonds. The molecule has 2 fully saturated rings. The van der Waals surface area contributed by atoms with Gasteiger partial charge in [-0.05, 0) is 39.5 Å². The largest absolute Gasteiger partial charge is 0.340 e. The third kappa shape index (κ3) is 2.41. The summed E-state index contributed by atoms with van der Waals surface area (Å²) in [5.41, 5.74) is -0.862. The normalized spacial score (nSPS) is 25.1. The van der Waals surface area contributed by atoms with Crippen LogP contribution in [-0.4, -0.2) is 43.1 Å². The van der Waals surface area contributed by atoms with Gasteiger partial charge >= 0.3 is 0 Å². The number of rotatable bonds is 4. The zero-order valence-corrected chi connectivity index (χ0v) is 12.7. The number of nitrogens with one attached hydrogen (secondary N) is 1. The van der Waals surface area contributed by atoms with Crippen molar-refractivity contribution in [2.45, 2.75) is 58.3 Å². The Morgan fingerprint density at radius 2 is 2.10 bits per heavy atom. The lowest BCUT2D eigenvalue weighted by molar-refractivity contribution is -0.155. The van der Waals surface area contributed by atoms with E-state index in [9.17, 15) is 9.59 Å². The molecule has 7 nitrogen and oxygen atoms in total. The molecule has 0 aromatic carbocycles. The minimum atomic E-state index is -0.862. The van der Waals surface area contributed by atoms with Crippen LogP contribution in [0.25, 0.3) is 0 Å². The summed E-state index contributed by atoms with van der Waals surface area (Å²) in [6.45, 7) is 6.50. The van der Waals surface area contributed by atoms with Gasteiger partial charge in [0.1, 0.15) is 23.7 Å². The number of amides is 2. The van der Waals surface area contributed by atoms with E-state index in [1.54, 1.807) is 23.4 Å². The zero-order chi connectivity index (χ0) is 15.2. The fourth-order valence-corrected chi connectivity index (χ4v) is 2.94. The summed E-state index contributed by atoms with van der Waals surface area (Å²) in [7, 11) is 0. The highest BCUT2D eigenvalue weighted by Gasteiger charge is 2.51. The van der Waals surface area contributed by atoms with Crippen LogP contribution in [0.3, 0.4) is 0 Å². The van der Waals surface area contributed by atoms with Crippen LogP contribution in [-0.2, 0) is 22.7 Å². The first-order chi connectivity index (χ1) is 9.94. The van der Waals surface area contributed by atoms with Crippen LogP contribution in [0.5, 0.6) is 0 Å². The van der Waals surface area contributed by atoms with E-state index in [1.165, 1.54) is 6.33 Å². The fourth-order valence-electron chi connectivity index (χ4n) is 2.94. The molecule has 7 heteroatoms. The van der Waals surface area contributed by atoms with Crippen molar-refractivity contribution in [1.82, 2.24) is 25.0 Å². The Balaban J connectivity index is 1.91. The first kappa shape index (κ1) is 14.0. The van der Waals surface area contributed by atoms with E-state index in [0.717, 1.165) is 18.7 Å². The molecule has 1 aliphatic carbocycles. The monoisotopic (exact) mass is 291 g/mol. The number of nitrogens with zero attached hydrogens (tertiary/aromatic N) is 4. The molecule has 1 N–H and O–H groups in total. The number of hydrogen-bond acceptors (Lipinski definition) is 4. The SMILES string of the molecule is CCn1ncnc1CN1C(=O)C(C)(C)NC(=O)C1C1CC1. The molecule has 3 rings (SSSR count). The van der Waals surface area contributed by atoms with Crippen LogP contribution in [0.15, 0.2) is 6.33 Å². The van der Waals surface area contributed by atoms with E-state index >= 15 is 0 Å². The smallest absolute Gasteiger partial charge is 0.248 e. The summed E-state index contributed by atoms with van der Waals surface area (Å²) < 4.78 is 1.76. The van der Waals surface area contributed by atoms with Crippen molar-refractivity contribution in [3.05, 3.63) is 12.2 Å². The summed E-state index contributed by atoms with van der Waals surface area (Å²) in [4.78, 5) is 31.0. The standard InChI is InChI=1S/C14H21N5O2/c1-4-19-10(15-8-16-19)7-18-11(9-5-6-9)12(20)17-14(2,3)13(18)21/h8-9,11H,4-7H2,1-3H3,(H,17,20). The molecular weight excluding hydrogens is 270 g/mol. The van der Waals surface area contributed by atoms with Crippen LogP contribution in [0, 0.1) is 5.92 Å². The Labute approximate surface area is 123 Å². The molecule has 1 atom stereocenters. The van der Waals surface area contributed by atoms with Crippen molar-refractivity contribution in [3.63, 3.8) is 0 Å². The van der Waals surface area contributed by atoms with E-state index in [-0.39, 0.29) is 23.8 Å². The van der Waals surface area contributed by atoms with Crippen molar-refractivity contribution in [3.8, 4) is 0 Å². The Morgan fingerprint density at radius 3 is 2.71 bits per heavy atom. The maximum Gasteiger partial charge on any atom is 0.248 e. The second kappa shape index (κ2) is 4.82. The quantitative estimate of drug-likeness (QED) is 0.866. The Kier molecular flexibility index (Phi) is 3.22. The Morgan fingerprint density at radius 1 is 1.38 bits per heavy atom. The Hall–Kier alpha value is -1.92. The van der Waals surface area contributed by atoms with E-state index in [2.05, 4.69) is 15.4 Å². The number of carbonyl (C=O) groups excluding carboxylic acids is 2. The van der Waals surface area contributed by atoms with E-state index in [1.807, 2.05) is 6.92 Å². The van der Waals surface area contributed by atoms with Crippen LogP contribution < -0.4 is 5.32 Å². The number of hydrogen-bond donors (Lipinski definition) is 1. The minimum absolute atomic E-state index is 0.0512. The lowest BCUT2D eigenvalue weighted by Crippen LogP contribution is -2.68. The van der Waals surface area contributed by atoms with Crippen LogP contribution in [0.2, 0.25) is 0 Å². The highest BCUT2D eigenvalue weighted by molar-refractivity contribution is 5.99. The third-order valence-electron chi connectivity index (χ3n) is 4.21. The number of aromatic nitrogens is 3. The van der Waals surface area contributed by atoms with Crippen molar-refractivity contribution in [2.24, 2.45) is 5.92 Å². The van der Waals surface area contributed by atoms with Gasteiger partial charge in [-0.25, -0.2) is 9.67 Å². The van der Waals surface area contributed by atoms with Crippen molar-refractivity contribution in [2.75, 3.05) is 0 Å². The van der Waals surface area contributed by atoms with E-state index < -0.39 is 5.54 Å². The van der Waals surface area contributed by atoms with Crippen LogP contribution in [0.1, 0.15) is 39.4 Å². The maximum absolute atomic E-state index is 12.7. The molecule has 1 unspecified atom stereocenters. The molecule has 21 heavy (non-hydrogen) atoms. The van der Waals surface area contributed by atoms with Crippen LogP contribution in [0.4, 0.5) is 0 Å². The van der Waals surface area contributed by atoms with Gasteiger partial charge in [-0.2, -0.15) is 5.10 Å². The molecule has 0 bridgehead atoms. The minimum Gasteiger partial charge on any atom is -0.340 e. The zero-order valence-electron chi connectivity index (χ0n) is 12.7. The van der Waals surface area contributed by atoms with Gasteiger partial charge in [0.25, 0.3) is 0 Å². The summed E-state index contributed by atoms with van der Waals surface area (Å²) in [5, 5.41) is 6.98. The lowest BCUT2D eigenvalue weighted by Gasteiger charge is -2.42. The lowest BCUT2D eigenvalue weighted by atomic mass is 9.94. The number of carbonyl (C=O) groups is 2. The molecular formula is C14H21N5O2. The molecule has 114 valence electrons. The summed E-state index contributed by atoms with van der Waals surface area (Å²) in [6.07, 6.45) is 3.50.